The molecule has 0 aliphatic carbocycles. The van der Waals surface area contributed by atoms with Crippen LogP contribution in [0.25, 0.3) is 22.3 Å². The van der Waals surface area contributed by atoms with Gasteiger partial charge in [0, 0.05) is 23.6 Å². The van der Waals surface area contributed by atoms with E-state index >= 15 is 0 Å². The van der Waals surface area contributed by atoms with E-state index in [9.17, 15) is 13.5 Å². The normalized spacial score (nSPS) is 11.7. The highest BCUT2D eigenvalue weighted by molar-refractivity contribution is 7.90. The Hall–Kier alpha value is -2.31. The molecule has 0 spiro atoms. The molecule has 0 bridgehead atoms. The summed E-state index contributed by atoms with van der Waals surface area (Å²) in [7, 11) is -3.40. The van der Waals surface area contributed by atoms with E-state index in [1.807, 2.05) is 0 Å². The molecule has 0 saturated carbocycles. The third-order valence-corrected chi connectivity index (χ3v) is 4.53. The second-order valence-corrected chi connectivity index (χ2v) is 6.95. The van der Waals surface area contributed by atoms with Crippen molar-refractivity contribution in [3.63, 3.8) is 0 Å². The molecule has 0 aliphatic rings. The molecule has 3 aromatic rings. The molecule has 0 atom stereocenters. The third kappa shape index (κ3) is 2.58. The molecule has 0 fully saturated rings. The van der Waals surface area contributed by atoms with Gasteiger partial charge in [-0.05, 0) is 24.3 Å². The van der Waals surface area contributed by atoms with Gasteiger partial charge in [0.15, 0.2) is 9.84 Å². The number of aromatic nitrogens is 2. The van der Waals surface area contributed by atoms with Crippen molar-refractivity contribution in [3.8, 4) is 11.3 Å². The molecular weight excluding hydrogens is 300 g/mol. The number of hydrogen-bond donors (Lipinski definition) is 1. The zero-order valence-electron chi connectivity index (χ0n) is 11.9. The van der Waals surface area contributed by atoms with Crippen molar-refractivity contribution in [2.45, 2.75) is 11.5 Å². The van der Waals surface area contributed by atoms with Gasteiger partial charge in [-0.2, -0.15) is 0 Å². The van der Waals surface area contributed by atoms with E-state index in [4.69, 9.17) is 0 Å². The van der Waals surface area contributed by atoms with Gasteiger partial charge in [-0.3, -0.25) is 4.98 Å². The maximum absolute atomic E-state index is 12.0. The smallest absolute Gasteiger partial charge is 0.176 e. The van der Waals surface area contributed by atoms with Gasteiger partial charge in [-0.25, -0.2) is 13.4 Å². The van der Waals surface area contributed by atoms with Crippen molar-refractivity contribution in [2.75, 3.05) is 6.26 Å². The van der Waals surface area contributed by atoms with Crippen molar-refractivity contribution in [2.24, 2.45) is 0 Å². The Morgan fingerprint density at radius 3 is 2.59 bits per heavy atom. The van der Waals surface area contributed by atoms with Gasteiger partial charge in [0.05, 0.1) is 28.2 Å². The summed E-state index contributed by atoms with van der Waals surface area (Å²) in [4.78, 5) is 8.90. The summed E-state index contributed by atoms with van der Waals surface area (Å²) in [6.45, 7) is -0.243. The zero-order valence-corrected chi connectivity index (χ0v) is 12.7. The lowest BCUT2D eigenvalue weighted by Gasteiger charge is -2.12. The summed E-state index contributed by atoms with van der Waals surface area (Å²) in [5, 5.41) is 9.62. The number of rotatable bonds is 3. The Bertz CT molecular complexity index is 953. The van der Waals surface area contributed by atoms with Gasteiger partial charge >= 0.3 is 0 Å². The molecule has 0 saturated heterocycles. The van der Waals surface area contributed by atoms with Crippen molar-refractivity contribution < 1.29 is 13.5 Å². The van der Waals surface area contributed by atoms with Crippen LogP contribution in [0.15, 0.2) is 53.6 Å². The quantitative estimate of drug-likeness (QED) is 0.801. The van der Waals surface area contributed by atoms with Gasteiger partial charge in [-0.1, -0.05) is 18.2 Å². The van der Waals surface area contributed by atoms with E-state index < -0.39 is 9.84 Å². The fraction of sp³-hybridized carbons (Fsp3) is 0.125. The first-order valence-corrected chi connectivity index (χ1v) is 8.55. The largest absolute Gasteiger partial charge is 0.392 e. The second kappa shape index (κ2) is 5.47. The molecule has 0 radical (unpaired) electrons. The fourth-order valence-corrected chi connectivity index (χ4v) is 3.27. The van der Waals surface area contributed by atoms with Crippen LogP contribution in [0.3, 0.4) is 0 Å². The number of nitrogens with zero attached hydrogens (tertiary/aromatic N) is 2. The van der Waals surface area contributed by atoms with Crippen LogP contribution in [0, 0.1) is 0 Å². The maximum atomic E-state index is 12.0. The predicted octanol–water partition coefficient (Wildman–Crippen LogP) is 2.19. The van der Waals surface area contributed by atoms with E-state index in [1.54, 1.807) is 48.7 Å². The van der Waals surface area contributed by atoms with Gasteiger partial charge < -0.3 is 5.11 Å². The third-order valence-electron chi connectivity index (χ3n) is 3.38. The van der Waals surface area contributed by atoms with E-state index in [1.165, 1.54) is 0 Å². The first-order valence-electron chi connectivity index (χ1n) is 6.65. The fourth-order valence-electron chi connectivity index (χ4n) is 2.38. The van der Waals surface area contributed by atoms with E-state index in [2.05, 4.69) is 9.97 Å². The minimum Gasteiger partial charge on any atom is -0.392 e. The number of benzene rings is 1. The van der Waals surface area contributed by atoms with Crippen LogP contribution in [0.4, 0.5) is 0 Å². The van der Waals surface area contributed by atoms with Gasteiger partial charge in [0.2, 0.25) is 0 Å². The Labute approximate surface area is 128 Å². The molecule has 6 heteroatoms. The van der Waals surface area contributed by atoms with E-state index in [0.717, 1.165) is 6.26 Å². The Kier molecular flexibility index (Phi) is 3.64. The highest BCUT2D eigenvalue weighted by Gasteiger charge is 2.18. The van der Waals surface area contributed by atoms with Crippen LogP contribution < -0.4 is 0 Å². The number of aliphatic hydroxyl groups is 1. The molecule has 1 N–H and O–H groups in total. The molecule has 22 heavy (non-hydrogen) atoms. The molecule has 0 aliphatic heterocycles. The Balaban J connectivity index is 2.35. The molecule has 0 unspecified atom stereocenters. The lowest BCUT2D eigenvalue weighted by molar-refractivity contribution is 0.282. The molecule has 1 aromatic carbocycles. The summed E-state index contributed by atoms with van der Waals surface area (Å²) in [5.74, 6) is 0. The molecule has 112 valence electrons. The number of fused-ring (bicyclic) bond motifs is 1. The van der Waals surface area contributed by atoms with Gasteiger partial charge in [-0.15, -0.1) is 0 Å². The molecular formula is C16H14N2O3S. The van der Waals surface area contributed by atoms with Crippen molar-refractivity contribution >= 4 is 20.9 Å². The number of sulfone groups is 1. The average Bonchev–Trinajstić information content (AvgIpc) is 2.52. The number of aliphatic hydroxyl groups excluding tert-OH is 1. The van der Waals surface area contributed by atoms with Crippen LogP contribution in [0.1, 0.15) is 5.56 Å². The highest BCUT2D eigenvalue weighted by Crippen LogP contribution is 2.30. The van der Waals surface area contributed by atoms with Crippen LogP contribution in [-0.2, 0) is 16.4 Å². The van der Waals surface area contributed by atoms with Crippen LogP contribution in [0.5, 0.6) is 0 Å². The van der Waals surface area contributed by atoms with E-state index in [-0.39, 0.29) is 11.5 Å². The SMILES string of the molecule is CS(=O)(=O)c1ccccc1-c1nc2cccnc2cc1CO. The minimum absolute atomic E-state index is 0.195. The molecule has 0 amide bonds. The van der Waals surface area contributed by atoms with Crippen molar-refractivity contribution in [1.82, 2.24) is 9.97 Å². The molecule has 2 aromatic heterocycles. The summed E-state index contributed by atoms with van der Waals surface area (Å²) >= 11 is 0. The van der Waals surface area contributed by atoms with Crippen LogP contribution in [-0.4, -0.2) is 29.7 Å². The van der Waals surface area contributed by atoms with Crippen LogP contribution in [0.2, 0.25) is 0 Å². The summed E-state index contributed by atoms with van der Waals surface area (Å²) in [5.41, 5.74) is 2.80. The monoisotopic (exact) mass is 314 g/mol. The Morgan fingerprint density at radius 2 is 1.86 bits per heavy atom. The van der Waals surface area contributed by atoms with Crippen LogP contribution >= 0.6 is 0 Å². The minimum atomic E-state index is -3.40. The lowest BCUT2D eigenvalue weighted by Crippen LogP contribution is -2.03. The summed E-state index contributed by atoms with van der Waals surface area (Å²) < 4.78 is 24.0. The Morgan fingerprint density at radius 1 is 1.09 bits per heavy atom. The average molecular weight is 314 g/mol. The first-order chi connectivity index (χ1) is 10.5. The molecule has 2 heterocycles. The summed E-state index contributed by atoms with van der Waals surface area (Å²) in [6.07, 6.45) is 2.81. The van der Waals surface area contributed by atoms with Crippen molar-refractivity contribution in [1.29, 1.82) is 0 Å². The standard InChI is InChI=1S/C16H14N2O3S/c1-22(20,21)15-7-3-2-5-12(15)16-11(10-19)9-14-13(18-16)6-4-8-17-14/h2-9,19H,10H2,1H3. The van der Waals surface area contributed by atoms with E-state index in [0.29, 0.717) is 27.9 Å². The zero-order chi connectivity index (χ0) is 15.7. The molecule has 5 nitrogen and oxygen atoms in total. The molecule has 3 rings (SSSR count). The topological polar surface area (TPSA) is 80.2 Å². The highest BCUT2D eigenvalue weighted by atomic mass is 32.2. The second-order valence-electron chi connectivity index (χ2n) is 4.96. The lowest BCUT2D eigenvalue weighted by atomic mass is 10.1. The predicted molar refractivity (Wildman–Crippen MR) is 84.0 cm³/mol. The van der Waals surface area contributed by atoms with Gasteiger partial charge in [0.1, 0.15) is 0 Å². The van der Waals surface area contributed by atoms with Gasteiger partial charge in [0.25, 0.3) is 0 Å². The van der Waals surface area contributed by atoms with Crippen molar-refractivity contribution in [3.05, 3.63) is 54.2 Å². The summed E-state index contributed by atoms with van der Waals surface area (Å²) in [6, 6.07) is 12.0. The number of pyridine rings is 2. The first kappa shape index (κ1) is 14.6. The maximum Gasteiger partial charge on any atom is 0.176 e. The number of hydrogen-bond acceptors (Lipinski definition) is 5.